The summed E-state index contributed by atoms with van der Waals surface area (Å²) < 4.78 is 27.2. The summed E-state index contributed by atoms with van der Waals surface area (Å²) in [4.78, 5) is 23.2. The summed E-state index contributed by atoms with van der Waals surface area (Å²) in [7, 11) is 3.27. The lowest BCUT2D eigenvalue weighted by molar-refractivity contribution is 0.0389. The van der Waals surface area contributed by atoms with E-state index in [0.717, 1.165) is 17.5 Å². The van der Waals surface area contributed by atoms with E-state index < -0.39 is 5.82 Å². The predicted molar refractivity (Wildman–Crippen MR) is 114 cm³/mol. The molecule has 1 aliphatic heterocycles. The van der Waals surface area contributed by atoms with Gasteiger partial charge in [-0.2, -0.15) is 0 Å². The Kier molecular flexibility index (Phi) is 5.83. The van der Waals surface area contributed by atoms with Crippen molar-refractivity contribution in [1.82, 2.24) is 14.5 Å². The van der Waals surface area contributed by atoms with Gasteiger partial charge in [-0.1, -0.05) is 12.1 Å². The topological polar surface area (TPSA) is 69.5 Å². The van der Waals surface area contributed by atoms with Crippen molar-refractivity contribution in [2.45, 2.75) is 6.10 Å². The Labute approximate surface area is 181 Å². The third kappa shape index (κ3) is 3.82. The SMILES string of the molecule is COc1ccc([C@H]2CN(c3nc(-c4ccncc4F)c(Br)c(=O)n3C)CCO2)cc1. The fourth-order valence-corrected chi connectivity index (χ4v) is 4.01. The van der Waals surface area contributed by atoms with Gasteiger partial charge in [0.1, 0.15) is 16.3 Å². The highest BCUT2D eigenvalue weighted by Gasteiger charge is 2.26. The molecule has 0 radical (unpaired) electrons. The van der Waals surface area contributed by atoms with Crippen LogP contribution in [0.25, 0.3) is 11.3 Å². The number of hydrogen-bond acceptors (Lipinski definition) is 6. The summed E-state index contributed by atoms with van der Waals surface area (Å²) in [5, 5.41) is 0. The Balaban J connectivity index is 1.70. The van der Waals surface area contributed by atoms with E-state index in [4.69, 9.17) is 9.47 Å². The number of benzene rings is 1. The van der Waals surface area contributed by atoms with E-state index in [1.165, 1.54) is 16.8 Å². The fraction of sp³-hybridized carbons (Fsp3) is 0.286. The van der Waals surface area contributed by atoms with Crippen LogP contribution >= 0.6 is 15.9 Å². The van der Waals surface area contributed by atoms with Crippen molar-refractivity contribution in [1.29, 1.82) is 0 Å². The molecule has 0 amide bonds. The van der Waals surface area contributed by atoms with Crippen LogP contribution < -0.4 is 15.2 Å². The molecule has 1 atom stereocenters. The van der Waals surface area contributed by atoms with E-state index in [9.17, 15) is 9.18 Å². The summed E-state index contributed by atoms with van der Waals surface area (Å²) in [5.41, 5.74) is 1.18. The molecule has 2 aromatic heterocycles. The highest BCUT2D eigenvalue weighted by Crippen LogP contribution is 2.30. The minimum Gasteiger partial charge on any atom is -0.497 e. The molecule has 0 bridgehead atoms. The molecule has 3 aromatic rings. The normalized spacial score (nSPS) is 16.5. The molecule has 0 N–H and O–H groups in total. The molecule has 4 rings (SSSR count). The van der Waals surface area contributed by atoms with Crippen LogP contribution in [-0.2, 0) is 11.8 Å². The number of ether oxygens (including phenoxy) is 2. The third-order valence-corrected chi connectivity index (χ3v) is 5.79. The van der Waals surface area contributed by atoms with Gasteiger partial charge in [-0.15, -0.1) is 0 Å². The van der Waals surface area contributed by atoms with Crippen LogP contribution in [0, 0.1) is 5.82 Å². The van der Waals surface area contributed by atoms with Crippen molar-refractivity contribution in [2.75, 3.05) is 31.7 Å². The summed E-state index contributed by atoms with van der Waals surface area (Å²) in [6.45, 7) is 1.54. The third-order valence-electron chi connectivity index (χ3n) is 5.08. The molecule has 1 fully saturated rings. The van der Waals surface area contributed by atoms with Gasteiger partial charge in [0.25, 0.3) is 5.56 Å². The zero-order valence-corrected chi connectivity index (χ0v) is 18.1. The molecule has 0 saturated carbocycles. The number of aromatic nitrogens is 3. The monoisotopic (exact) mass is 474 g/mol. The predicted octanol–water partition coefficient (Wildman–Crippen LogP) is 3.33. The zero-order valence-electron chi connectivity index (χ0n) is 16.5. The lowest BCUT2D eigenvalue weighted by Gasteiger charge is -2.34. The number of pyridine rings is 1. The van der Waals surface area contributed by atoms with Crippen molar-refractivity contribution in [3.8, 4) is 17.0 Å². The van der Waals surface area contributed by atoms with Gasteiger partial charge in [-0.25, -0.2) is 9.37 Å². The second-order valence-corrected chi connectivity index (χ2v) is 7.67. The van der Waals surface area contributed by atoms with Crippen LogP contribution in [0.2, 0.25) is 0 Å². The number of nitrogens with zero attached hydrogens (tertiary/aromatic N) is 4. The minimum atomic E-state index is -0.539. The number of rotatable bonds is 4. The molecule has 0 unspecified atom stereocenters. The summed E-state index contributed by atoms with van der Waals surface area (Å²) >= 11 is 3.28. The van der Waals surface area contributed by atoms with Crippen LogP contribution in [0.1, 0.15) is 11.7 Å². The molecule has 9 heteroatoms. The average molecular weight is 475 g/mol. The smallest absolute Gasteiger partial charge is 0.269 e. The minimum absolute atomic E-state index is 0.189. The lowest BCUT2D eigenvalue weighted by atomic mass is 10.1. The first-order chi connectivity index (χ1) is 14.5. The van der Waals surface area contributed by atoms with Crippen molar-refractivity contribution in [2.24, 2.45) is 7.05 Å². The van der Waals surface area contributed by atoms with E-state index >= 15 is 0 Å². The molecule has 30 heavy (non-hydrogen) atoms. The van der Waals surface area contributed by atoms with Crippen LogP contribution in [0.5, 0.6) is 5.75 Å². The van der Waals surface area contributed by atoms with Crippen LogP contribution in [0.4, 0.5) is 10.3 Å². The molecule has 0 spiro atoms. The number of hydrogen-bond donors (Lipinski definition) is 0. The standard InChI is InChI=1S/C21H20BrFN4O3/c1-26-20(28)18(22)19(15-7-8-24-11-16(15)23)25-21(26)27-9-10-30-17(12-27)13-3-5-14(29-2)6-4-13/h3-8,11,17H,9-10,12H2,1-2H3/t17-/m1/s1. The summed E-state index contributed by atoms with van der Waals surface area (Å²) in [6.07, 6.45) is 2.39. The maximum atomic E-state index is 14.3. The van der Waals surface area contributed by atoms with Crippen LogP contribution in [0.3, 0.4) is 0 Å². The van der Waals surface area contributed by atoms with E-state index in [1.807, 2.05) is 29.2 Å². The highest BCUT2D eigenvalue weighted by atomic mass is 79.9. The summed E-state index contributed by atoms with van der Waals surface area (Å²) in [6, 6.07) is 9.19. The molecule has 3 heterocycles. The molecule has 156 valence electrons. The Bertz CT molecular complexity index is 1120. The maximum absolute atomic E-state index is 14.3. The Morgan fingerprint density at radius 3 is 2.73 bits per heavy atom. The van der Waals surface area contributed by atoms with Gasteiger partial charge < -0.3 is 14.4 Å². The van der Waals surface area contributed by atoms with Crippen molar-refractivity contribution >= 4 is 21.9 Å². The Morgan fingerprint density at radius 2 is 2.03 bits per heavy atom. The van der Waals surface area contributed by atoms with Crippen LogP contribution in [0.15, 0.2) is 52.0 Å². The number of anilines is 1. The Morgan fingerprint density at radius 1 is 1.27 bits per heavy atom. The maximum Gasteiger partial charge on any atom is 0.269 e. The first-order valence-corrected chi connectivity index (χ1v) is 10.2. The van der Waals surface area contributed by atoms with Gasteiger partial charge in [0, 0.05) is 25.4 Å². The largest absolute Gasteiger partial charge is 0.497 e. The van der Waals surface area contributed by atoms with E-state index in [0.29, 0.717) is 25.6 Å². The molecule has 1 saturated heterocycles. The van der Waals surface area contributed by atoms with E-state index in [2.05, 4.69) is 25.9 Å². The van der Waals surface area contributed by atoms with Crippen molar-refractivity contribution in [3.63, 3.8) is 0 Å². The molecular weight excluding hydrogens is 455 g/mol. The summed E-state index contributed by atoms with van der Waals surface area (Å²) in [5.74, 6) is 0.687. The number of methoxy groups -OCH3 is 1. The first-order valence-electron chi connectivity index (χ1n) is 9.36. The van der Waals surface area contributed by atoms with Gasteiger partial charge >= 0.3 is 0 Å². The molecule has 1 aliphatic rings. The van der Waals surface area contributed by atoms with Gasteiger partial charge in [0.15, 0.2) is 5.82 Å². The lowest BCUT2D eigenvalue weighted by Crippen LogP contribution is -2.42. The van der Waals surface area contributed by atoms with E-state index in [1.54, 1.807) is 14.2 Å². The first kappa shape index (κ1) is 20.5. The fourth-order valence-electron chi connectivity index (χ4n) is 3.44. The van der Waals surface area contributed by atoms with Crippen LogP contribution in [-0.4, -0.2) is 41.3 Å². The van der Waals surface area contributed by atoms with E-state index in [-0.39, 0.29) is 27.4 Å². The van der Waals surface area contributed by atoms with Gasteiger partial charge in [-0.05, 0) is 39.7 Å². The molecule has 0 aliphatic carbocycles. The van der Waals surface area contributed by atoms with Gasteiger partial charge in [0.05, 0.1) is 32.2 Å². The second kappa shape index (κ2) is 8.53. The highest BCUT2D eigenvalue weighted by molar-refractivity contribution is 9.10. The number of halogens is 2. The van der Waals surface area contributed by atoms with Crippen molar-refractivity contribution < 1.29 is 13.9 Å². The number of morpholine rings is 1. The van der Waals surface area contributed by atoms with Gasteiger partial charge in [0.2, 0.25) is 5.95 Å². The second-order valence-electron chi connectivity index (χ2n) is 6.87. The molecular formula is C21H20BrFN4O3. The molecule has 7 nitrogen and oxygen atoms in total. The average Bonchev–Trinajstić information content (AvgIpc) is 2.78. The van der Waals surface area contributed by atoms with Crippen molar-refractivity contribution in [3.05, 3.63) is 68.9 Å². The zero-order chi connectivity index (χ0) is 21.3. The quantitative estimate of drug-likeness (QED) is 0.577. The molecule has 1 aromatic carbocycles. The van der Waals surface area contributed by atoms with Gasteiger partial charge in [-0.3, -0.25) is 14.3 Å². The Hall–Kier alpha value is -2.78.